The molecule has 1 aromatic carbocycles. The topological polar surface area (TPSA) is 91.8 Å². The fourth-order valence-corrected chi connectivity index (χ4v) is 2.43. The Bertz CT molecular complexity index is 961. The zero-order valence-corrected chi connectivity index (χ0v) is 15.7. The Labute approximate surface area is 162 Å². The number of benzene rings is 1. The van der Waals surface area contributed by atoms with E-state index in [2.05, 4.69) is 31.1 Å². The highest BCUT2D eigenvalue weighted by Crippen LogP contribution is 2.13. The number of anilines is 3. The van der Waals surface area contributed by atoms with Crippen molar-refractivity contribution in [2.75, 3.05) is 23.7 Å². The van der Waals surface area contributed by atoms with Crippen LogP contribution in [0.25, 0.3) is 0 Å². The number of aryl methyl sites for hydroxylation is 2. The standard InChI is InChI=1S/C20H21FN6O/c1-13-7-8-22-19(11-13)25-18-6-5-17(26-27-18)23-9-10-24-20(28)15-4-3-14(2)16(21)12-15/h3-8,11-12H,9-10H2,1-2H3,(H,23,26)(H,24,28)(H,22,25,27). The van der Waals surface area contributed by atoms with Crippen molar-refractivity contribution in [3.63, 3.8) is 0 Å². The number of carbonyl (C=O) groups excluding carboxylic acids is 1. The van der Waals surface area contributed by atoms with Crippen LogP contribution in [-0.4, -0.2) is 34.2 Å². The minimum atomic E-state index is -0.393. The van der Waals surface area contributed by atoms with Gasteiger partial charge in [-0.25, -0.2) is 9.37 Å². The van der Waals surface area contributed by atoms with Crippen LogP contribution in [0.15, 0.2) is 48.7 Å². The van der Waals surface area contributed by atoms with E-state index >= 15 is 0 Å². The fraction of sp³-hybridized carbons (Fsp3) is 0.200. The second-order valence-electron chi connectivity index (χ2n) is 6.29. The van der Waals surface area contributed by atoms with E-state index in [-0.39, 0.29) is 5.91 Å². The fourth-order valence-electron chi connectivity index (χ4n) is 2.43. The summed E-state index contributed by atoms with van der Waals surface area (Å²) in [7, 11) is 0. The van der Waals surface area contributed by atoms with Gasteiger partial charge >= 0.3 is 0 Å². The first-order valence-electron chi connectivity index (χ1n) is 8.83. The van der Waals surface area contributed by atoms with Crippen LogP contribution in [0.2, 0.25) is 0 Å². The van der Waals surface area contributed by atoms with Crippen molar-refractivity contribution < 1.29 is 9.18 Å². The van der Waals surface area contributed by atoms with Crippen molar-refractivity contribution in [1.29, 1.82) is 0 Å². The molecule has 8 heteroatoms. The zero-order chi connectivity index (χ0) is 19.9. The average molecular weight is 380 g/mol. The van der Waals surface area contributed by atoms with Crippen molar-refractivity contribution >= 4 is 23.4 Å². The van der Waals surface area contributed by atoms with E-state index in [1.54, 1.807) is 37.4 Å². The molecule has 0 atom stereocenters. The summed E-state index contributed by atoms with van der Waals surface area (Å²) < 4.78 is 13.5. The largest absolute Gasteiger partial charge is 0.367 e. The van der Waals surface area contributed by atoms with Gasteiger partial charge in [-0.05, 0) is 61.4 Å². The Morgan fingerprint density at radius 1 is 0.964 bits per heavy atom. The third kappa shape index (κ3) is 5.23. The lowest BCUT2D eigenvalue weighted by Gasteiger charge is -2.09. The Morgan fingerprint density at radius 3 is 2.46 bits per heavy atom. The van der Waals surface area contributed by atoms with Crippen LogP contribution in [0.4, 0.5) is 21.8 Å². The quantitative estimate of drug-likeness (QED) is 0.545. The second kappa shape index (κ2) is 8.90. The molecule has 7 nitrogen and oxygen atoms in total. The molecule has 3 aromatic rings. The number of nitrogens with one attached hydrogen (secondary N) is 3. The molecule has 3 rings (SSSR count). The molecule has 0 aliphatic heterocycles. The maximum Gasteiger partial charge on any atom is 0.251 e. The van der Waals surface area contributed by atoms with Gasteiger partial charge in [0.15, 0.2) is 5.82 Å². The molecule has 1 amide bonds. The Kier molecular flexibility index (Phi) is 6.11. The summed E-state index contributed by atoms with van der Waals surface area (Å²) in [4.78, 5) is 16.2. The first-order valence-corrected chi connectivity index (χ1v) is 8.83. The molecule has 0 radical (unpaired) electrons. The molecule has 0 fully saturated rings. The molecule has 28 heavy (non-hydrogen) atoms. The molecule has 0 aliphatic carbocycles. The molecule has 0 unspecified atom stereocenters. The number of aromatic nitrogens is 3. The van der Waals surface area contributed by atoms with E-state index in [4.69, 9.17) is 0 Å². The first kappa shape index (κ1) is 19.2. The van der Waals surface area contributed by atoms with Gasteiger partial charge in [0.1, 0.15) is 17.5 Å². The second-order valence-corrected chi connectivity index (χ2v) is 6.29. The van der Waals surface area contributed by atoms with Gasteiger partial charge in [0.2, 0.25) is 0 Å². The highest BCUT2D eigenvalue weighted by Gasteiger charge is 2.07. The summed E-state index contributed by atoms with van der Waals surface area (Å²) in [5.74, 6) is 1.15. The normalized spacial score (nSPS) is 10.4. The van der Waals surface area contributed by atoms with Crippen LogP contribution in [0.5, 0.6) is 0 Å². The Balaban J connectivity index is 1.44. The molecule has 0 saturated heterocycles. The number of hydrogen-bond donors (Lipinski definition) is 3. The van der Waals surface area contributed by atoms with E-state index in [1.807, 2.05) is 19.1 Å². The van der Waals surface area contributed by atoms with E-state index in [0.717, 1.165) is 5.56 Å². The predicted molar refractivity (Wildman–Crippen MR) is 106 cm³/mol. The lowest BCUT2D eigenvalue weighted by atomic mass is 10.1. The summed E-state index contributed by atoms with van der Waals surface area (Å²) in [5.41, 5.74) is 1.90. The van der Waals surface area contributed by atoms with Crippen LogP contribution in [0, 0.1) is 19.7 Å². The van der Waals surface area contributed by atoms with Crippen LogP contribution in [0.1, 0.15) is 21.5 Å². The highest BCUT2D eigenvalue weighted by molar-refractivity contribution is 5.94. The molecule has 3 N–H and O–H groups in total. The molecule has 2 heterocycles. The minimum absolute atomic E-state index is 0.295. The van der Waals surface area contributed by atoms with Gasteiger partial charge < -0.3 is 16.0 Å². The summed E-state index contributed by atoms with van der Waals surface area (Å²) in [5, 5.41) is 17.0. The molecule has 0 bridgehead atoms. The van der Waals surface area contributed by atoms with E-state index in [0.29, 0.717) is 41.7 Å². The van der Waals surface area contributed by atoms with Crippen molar-refractivity contribution in [3.8, 4) is 0 Å². The van der Waals surface area contributed by atoms with Crippen molar-refractivity contribution in [2.24, 2.45) is 0 Å². The Hall–Kier alpha value is -3.55. The first-order chi connectivity index (χ1) is 13.5. The number of rotatable bonds is 7. The van der Waals surface area contributed by atoms with Crippen LogP contribution >= 0.6 is 0 Å². The maximum absolute atomic E-state index is 13.5. The third-order valence-corrected chi connectivity index (χ3v) is 3.99. The van der Waals surface area contributed by atoms with Gasteiger partial charge in [-0.2, -0.15) is 0 Å². The van der Waals surface area contributed by atoms with Crippen molar-refractivity contribution in [2.45, 2.75) is 13.8 Å². The van der Waals surface area contributed by atoms with Gasteiger partial charge in [0.05, 0.1) is 0 Å². The summed E-state index contributed by atoms with van der Waals surface area (Å²) in [6.07, 6.45) is 1.72. The van der Waals surface area contributed by atoms with Crippen LogP contribution in [-0.2, 0) is 0 Å². The molecule has 144 valence electrons. The number of hydrogen-bond acceptors (Lipinski definition) is 6. The summed E-state index contributed by atoms with van der Waals surface area (Å²) >= 11 is 0. The molecular formula is C20H21FN6O. The van der Waals surface area contributed by atoms with Crippen molar-refractivity contribution in [1.82, 2.24) is 20.5 Å². The van der Waals surface area contributed by atoms with Gasteiger partial charge in [-0.3, -0.25) is 4.79 Å². The van der Waals surface area contributed by atoms with E-state index < -0.39 is 5.82 Å². The number of nitrogens with zero attached hydrogens (tertiary/aromatic N) is 3. The van der Waals surface area contributed by atoms with Crippen LogP contribution in [0.3, 0.4) is 0 Å². The Morgan fingerprint density at radius 2 is 1.75 bits per heavy atom. The lowest BCUT2D eigenvalue weighted by Crippen LogP contribution is -2.29. The molecule has 2 aromatic heterocycles. The van der Waals surface area contributed by atoms with Crippen LogP contribution < -0.4 is 16.0 Å². The molecule has 0 saturated carbocycles. The van der Waals surface area contributed by atoms with Crippen molar-refractivity contribution in [3.05, 3.63) is 71.2 Å². The maximum atomic E-state index is 13.5. The number of pyridine rings is 1. The molecule has 0 spiro atoms. The molecular weight excluding hydrogens is 359 g/mol. The van der Waals surface area contributed by atoms with E-state index in [9.17, 15) is 9.18 Å². The zero-order valence-electron chi connectivity index (χ0n) is 15.7. The number of carbonyl (C=O) groups is 1. The number of amides is 1. The van der Waals surface area contributed by atoms with E-state index in [1.165, 1.54) is 6.07 Å². The average Bonchev–Trinajstić information content (AvgIpc) is 2.68. The smallest absolute Gasteiger partial charge is 0.251 e. The van der Waals surface area contributed by atoms with Gasteiger partial charge in [-0.1, -0.05) is 6.07 Å². The third-order valence-electron chi connectivity index (χ3n) is 3.99. The minimum Gasteiger partial charge on any atom is -0.367 e. The van der Waals surface area contributed by atoms with Gasteiger partial charge in [-0.15, -0.1) is 10.2 Å². The SMILES string of the molecule is Cc1ccnc(Nc2ccc(NCCNC(=O)c3ccc(C)c(F)c3)nn2)c1. The number of halogens is 1. The lowest BCUT2D eigenvalue weighted by molar-refractivity contribution is 0.0954. The summed E-state index contributed by atoms with van der Waals surface area (Å²) in [6, 6.07) is 11.8. The van der Waals surface area contributed by atoms with Gasteiger partial charge in [0.25, 0.3) is 5.91 Å². The predicted octanol–water partition coefficient (Wildman–Crippen LogP) is 3.21. The monoisotopic (exact) mass is 380 g/mol. The molecule has 0 aliphatic rings. The highest BCUT2D eigenvalue weighted by atomic mass is 19.1. The summed E-state index contributed by atoms with van der Waals surface area (Å²) in [6.45, 7) is 4.46. The van der Waals surface area contributed by atoms with Gasteiger partial charge in [0, 0.05) is 24.8 Å².